The maximum absolute atomic E-state index is 12.6. The van der Waals surface area contributed by atoms with E-state index in [2.05, 4.69) is 32.6 Å². The molecule has 1 amide bonds. The molecule has 2 aromatic heterocycles. The molecule has 0 saturated carbocycles. The molecule has 0 unspecified atom stereocenters. The van der Waals surface area contributed by atoms with E-state index in [9.17, 15) is 4.79 Å². The van der Waals surface area contributed by atoms with Crippen molar-refractivity contribution in [3.05, 3.63) is 65.9 Å². The molecule has 0 N–H and O–H groups in total. The molecule has 0 bridgehead atoms. The van der Waals surface area contributed by atoms with Crippen molar-refractivity contribution < 1.29 is 13.9 Å². The molecule has 152 valence electrons. The van der Waals surface area contributed by atoms with Crippen molar-refractivity contribution in [3.8, 4) is 0 Å². The lowest BCUT2D eigenvalue weighted by molar-refractivity contribution is 0.0558. The van der Waals surface area contributed by atoms with Gasteiger partial charge in [-0.05, 0) is 28.1 Å². The van der Waals surface area contributed by atoms with Crippen molar-refractivity contribution >= 4 is 5.91 Å². The molecule has 9 heteroatoms. The number of amides is 1. The van der Waals surface area contributed by atoms with Crippen LogP contribution in [0.5, 0.6) is 0 Å². The molecule has 29 heavy (non-hydrogen) atoms. The number of methoxy groups -OCH3 is 1. The van der Waals surface area contributed by atoms with Crippen molar-refractivity contribution in [2.75, 3.05) is 39.9 Å². The Morgan fingerprint density at radius 1 is 1.14 bits per heavy atom. The first-order valence-corrected chi connectivity index (χ1v) is 9.64. The van der Waals surface area contributed by atoms with Gasteiger partial charge in [-0.25, -0.2) is 4.68 Å². The van der Waals surface area contributed by atoms with Crippen LogP contribution in [0.25, 0.3) is 0 Å². The Morgan fingerprint density at radius 3 is 2.62 bits per heavy atom. The maximum atomic E-state index is 12.6. The van der Waals surface area contributed by atoms with Gasteiger partial charge in [0.15, 0.2) is 11.6 Å². The lowest BCUT2D eigenvalue weighted by atomic mass is 10.0. The molecule has 4 rings (SSSR count). The molecule has 0 aliphatic carbocycles. The zero-order chi connectivity index (χ0) is 20.1. The smallest absolute Gasteiger partial charge is 0.289 e. The number of piperazine rings is 1. The number of carbonyl (C=O) groups excluding carboxylic acids is 1. The summed E-state index contributed by atoms with van der Waals surface area (Å²) in [6.45, 7) is 3.77. The van der Waals surface area contributed by atoms with E-state index >= 15 is 0 Å². The molecule has 1 fully saturated rings. The molecular weight excluding hydrogens is 372 g/mol. The van der Waals surface area contributed by atoms with E-state index in [-0.39, 0.29) is 11.9 Å². The van der Waals surface area contributed by atoms with Gasteiger partial charge in [-0.3, -0.25) is 9.69 Å². The number of benzene rings is 1. The van der Waals surface area contributed by atoms with Crippen molar-refractivity contribution in [1.29, 1.82) is 0 Å². The zero-order valence-corrected chi connectivity index (χ0v) is 16.3. The van der Waals surface area contributed by atoms with Crippen LogP contribution in [0.4, 0.5) is 0 Å². The van der Waals surface area contributed by atoms with Gasteiger partial charge in [-0.2, -0.15) is 0 Å². The first-order chi connectivity index (χ1) is 14.3. The molecule has 1 saturated heterocycles. The molecule has 1 aliphatic heterocycles. The highest BCUT2D eigenvalue weighted by molar-refractivity contribution is 5.91. The van der Waals surface area contributed by atoms with Crippen LogP contribution in [0.3, 0.4) is 0 Å². The van der Waals surface area contributed by atoms with Crippen LogP contribution in [0.15, 0.2) is 53.1 Å². The Bertz CT molecular complexity index is 903. The molecule has 0 radical (unpaired) electrons. The van der Waals surface area contributed by atoms with E-state index in [1.807, 2.05) is 23.1 Å². The highest BCUT2D eigenvalue weighted by atomic mass is 16.5. The van der Waals surface area contributed by atoms with E-state index in [1.165, 1.54) is 6.26 Å². The second kappa shape index (κ2) is 8.97. The number of carbonyl (C=O) groups is 1. The van der Waals surface area contributed by atoms with Gasteiger partial charge in [0.05, 0.1) is 25.5 Å². The van der Waals surface area contributed by atoms with Crippen LogP contribution < -0.4 is 0 Å². The fourth-order valence-electron chi connectivity index (χ4n) is 3.64. The Hall–Kier alpha value is -3.04. The number of tetrazole rings is 1. The van der Waals surface area contributed by atoms with Gasteiger partial charge in [0.1, 0.15) is 0 Å². The quantitative estimate of drug-likeness (QED) is 0.597. The lowest BCUT2D eigenvalue weighted by Crippen LogP contribution is -2.50. The second-order valence-electron chi connectivity index (χ2n) is 6.87. The number of rotatable bonds is 7. The van der Waals surface area contributed by atoms with E-state index in [0.29, 0.717) is 45.1 Å². The number of hydrogen-bond donors (Lipinski definition) is 0. The molecule has 1 aliphatic rings. The first-order valence-electron chi connectivity index (χ1n) is 9.64. The topological polar surface area (TPSA) is 89.5 Å². The number of hydrogen-bond acceptors (Lipinski definition) is 7. The van der Waals surface area contributed by atoms with Gasteiger partial charge in [0.25, 0.3) is 5.91 Å². The van der Waals surface area contributed by atoms with Gasteiger partial charge < -0.3 is 14.1 Å². The number of furan rings is 1. The fraction of sp³-hybridized carbons (Fsp3) is 0.400. The van der Waals surface area contributed by atoms with Gasteiger partial charge in [0.2, 0.25) is 0 Å². The summed E-state index contributed by atoms with van der Waals surface area (Å²) < 4.78 is 12.2. The Balaban J connectivity index is 1.54. The van der Waals surface area contributed by atoms with E-state index < -0.39 is 0 Å². The van der Waals surface area contributed by atoms with Crippen LogP contribution >= 0.6 is 0 Å². The third-order valence-corrected chi connectivity index (χ3v) is 5.13. The van der Waals surface area contributed by atoms with Crippen LogP contribution in [0.2, 0.25) is 0 Å². The third-order valence-electron chi connectivity index (χ3n) is 5.13. The Morgan fingerprint density at radius 2 is 1.93 bits per heavy atom. The summed E-state index contributed by atoms with van der Waals surface area (Å²) in [4.78, 5) is 16.7. The molecule has 1 aromatic carbocycles. The fourth-order valence-corrected chi connectivity index (χ4v) is 3.64. The summed E-state index contributed by atoms with van der Waals surface area (Å²) in [6, 6.07) is 13.5. The van der Waals surface area contributed by atoms with Crippen molar-refractivity contribution in [2.45, 2.75) is 12.6 Å². The number of aromatic nitrogens is 4. The minimum absolute atomic E-state index is 0.0733. The minimum atomic E-state index is -0.0936. The third kappa shape index (κ3) is 4.20. The van der Waals surface area contributed by atoms with Crippen LogP contribution in [-0.4, -0.2) is 75.8 Å². The van der Waals surface area contributed by atoms with Crippen molar-refractivity contribution in [3.63, 3.8) is 0 Å². The number of ether oxygens (including phenoxy) is 1. The monoisotopic (exact) mass is 396 g/mol. The first kappa shape index (κ1) is 19.3. The summed E-state index contributed by atoms with van der Waals surface area (Å²) in [5.41, 5.74) is 1.12. The summed E-state index contributed by atoms with van der Waals surface area (Å²) in [6.07, 6.45) is 1.52. The second-order valence-corrected chi connectivity index (χ2v) is 6.87. The van der Waals surface area contributed by atoms with Gasteiger partial charge in [0, 0.05) is 33.3 Å². The van der Waals surface area contributed by atoms with E-state index in [1.54, 1.807) is 23.9 Å². The molecular formula is C20H24N6O3. The van der Waals surface area contributed by atoms with Gasteiger partial charge >= 0.3 is 0 Å². The standard InChI is InChI=1S/C20H24N6O3/c1-28-15-13-26-19(21-22-23-26)18(16-6-3-2-4-7-16)24-9-11-25(12-10-24)20(27)17-8-5-14-29-17/h2-8,14,18H,9-13,15H2,1H3/t18-/m1/s1. The summed E-state index contributed by atoms with van der Waals surface area (Å²) in [5.74, 6) is 1.08. The van der Waals surface area contributed by atoms with Crippen LogP contribution in [0, 0.1) is 0 Å². The largest absolute Gasteiger partial charge is 0.459 e. The number of nitrogens with zero attached hydrogens (tertiary/aromatic N) is 6. The van der Waals surface area contributed by atoms with Crippen molar-refractivity contribution in [2.24, 2.45) is 0 Å². The Kier molecular flexibility index (Phi) is 5.97. The highest BCUT2D eigenvalue weighted by Gasteiger charge is 2.32. The zero-order valence-electron chi connectivity index (χ0n) is 16.3. The van der Waals surface area contributed by atoms with E-state index in [0.717, 1.165) is 11.4 Å². The predicted molar refractivity (Wildman–Crippen MR) is 104 cm³/mol. The molecule has 3 aromatic rings. The van der Waals surface area contributed by atoms with Crippen LogP contribution in [0.1, 0.15) is 28.0 Å². The molecule has 0 spiro atoms. The van der Waals surface area contributed by atoms with Gasteiger partial charge in [-0.1, -0.05) is 30.3 Å². The summed E-state index contributed by atoms with van der Waals surface area (Å²) >= 11 is 0. The summed E-state index contributed by atoms with van der Waals surface area (Å²) in [5, 5.41) is 12.4. The van der Waals surface area contributed by atoms with Crippen molar-refractivity contribution in [1.82, 2.24) is 30.0 Å². The van der Waals surface area contributed by atoms with Gasteiger partial charge in [-0.15, -0.1) is 5.10 Å². The van der Waals surface area contributed by atoms with Crippen LogP contribution in [-0.2, 0) is 11.3 Å². The average Bonchev–Trinajstić information content (AvgIpc) is 3.46. The molecule has 9 nitrogen and oxygen atoms in total. The van der Waals surface area contributed by atoms with E-state index in [4.69, 9.17) is 9.15 Å². The summed E-state index contributed by atoms with van der Waals surface area (Å²) in [7, 11) is 1.66. The SMILES string of the molecule is COCCn1nnnc1[C@@H](c1ccccc1)N1CCN(C(=O)c2ccco2)CC1. The molecule has 1 atom stereocenters. The normalized spacial score (nSPS) is 16.1. The Labute approximate surface area is 168 Å². The minimum Gasteiger partial charge on any atom is -0.459 e. The highest BCUT2D eigenvalue weighted by Crippen LogP contribution is 2.28. The predicted octanol–water partition coefficient (Wildman–Crippen LogP) is 1.46. The average molecular weight is 396 g/mol. The maximum Gasteiger partial charge on any atom is 0.289 e. The lowest BCUT2D eigenvalue weighted by Gasteiger charge is -2.38. The molecule has 3 heterocycles.